The molecule has 28 heavy (non-hydrogen) atoms. The van der Waals surface area contributed by atoms with Gasteiger partial charge < -0.3 is 9.84 Å². The van der Waals surface area contributed by atoms with E-state index >= 15 is 0 Å². The minimum atomic E-state index is -0.0961. The van der Waals surface area contributed by atoms with E-state index < -0.39 is 0 Å². The lowest BCUT2D eigenvalue weighted by molar-refractivity contribution is -0.144. The molecule has 1 N–H and O–H groups in total. The zero-order chi connectivity index (χ0) is 20.7. The van der Waals surface area contributed by atoms with Crippen LogP contribution in [0.15, 0.2) is 36.5 Å². The van der Waals surface area contributed by atoms with Gasteiger partial charge in [0.25, 0.3) is 0 Å². The third-order valence-corrected chi connectivity index (χ3v) is 4.57. The van der Waals surface area contributed by atoms with Crippen LogP contribution in [0.5, 0.6) is 0 Å². The average molecular weight is 394 g/mol. The summed E-state index contributed by atoms with van der Waals surface area (Å²) in [6.45, 7) is 6.95. The summed E-state index contributed by atoms with van der Waals surface area (Å²) in [6, 6.07) is 0. The minimum absolute atomic E-state index is 0.0961. The number of nitrogens with zero attached hydrogens (tertiary/aromatic N) is 1. The van der Waals surface area contributed by atoms with Crippen molar-refractivity contribution in [2.24, 2.45) is 0 Å². The number of allylic oxidation sites excluding steroid dienone is 6. The molecule has 0 spiro atoms. The molecule has 0 aromatic heterocycles. The van der Waals surface area contributed by atoms with E-state index in [4.69, 9.17) is 9.84 Å². The molecule has 0 aliphatic heterocycles. The van der Waals surface area contributed by atoms with Crippen molar-refractivity contribution in [3.05, 3.63) is 36.5 Å². The highest BCUT2D eigenvalue weighted by atomic mass is 16.5. The average Bonchev–Trinajstić information content (AvgIpc) is 2.70. The molecule has 0 atom stereocenters. The van der Waals surface area contributed by atoms with Crippen LogP contribution in [-0.2, 0) is 9.53 Å². The van der Waals surface area contributed by atoms with Gasteiger partial charge in [-0.15, -0.1) is 0 Å². The van der Waals surface area contributed by atoms with Gasteiger partial charge in [0.05, 0.1) is 6.61 Å². The smallest absolute Gasteiger partial charge is 0.305 e. The molecule has 0 unspecified atom stereocenters. The number of aliphatic hydroxyl groups excluding tert-OH is 1. The standard InChI is InChI=1S/C24H43NO3/c1-3-5-6-7-8-9-10-11-12-13-14-15-16-17-18-19-24(27)28-23-21-25(4-2)20-22-26/h5-6,8-9,11-12,26H,3-4,7,10,13-23H2,1-2H3/b6-5-,9-8-,12-11-. The highest BCUT2D eigenvalue weighted by Crippen LogP contribution is 2.08. The monoisotopic (exact) mass is 393 g/mol. The summed E-state index contributed by atoms with van der Waals surface area (Å²) in [5.74, 6) is -0.0961. The number of aliphatic hydroxyl groups is 1. The van der Waals surface area contributed by atoms with Crippen molar-refractivity contribution in [2.45, 2.75) is 78.1 Å². The Kier molecular flexibility index (Phi) is 20.8. The van der Waals surface area contributed by atoms with Gasteiger partial charge in [-0.1, -0.05) is 69.6 Å². The van der Waals surface area contributed by atoms with E-state index in [0.717, 1.165) is 45.1 Å². The Balaban J connectivity index is 3.41. The Labute approximate surface area is 173 Å². The third kappa shape index (κ3) is 19.4. The number of hydrogen-bond donors (Lipinski definition) is 1. The molecule has 0 aromatic rings. The highest BCUT2D eigenvalue weighted by molar-refractivity contribution is 5.69. The molecular formula is C24H43NO3. The van der Waals surface area contributed by atoms with E-state index in [-0.39, 0.29) is 12.6 Å². The molecule has 0 aliphatic carbocycles. The lowest BCUT2D eigenvalue weighted by atomic mass is 10.1. The number of rotatable bonds is 19. The van der Waals surface area contributed by atoms with Crippen molar-refractivity contribution in [2.75, 3.05) is 32.8 Å². The molecule has 0 aliphatic rings. The van der Waals surface area contributed by atoms with Crippen LogP contribution in [0.2, 0.25) is 0 Å². The lowest BCUT2D eigenvalue weighted by Gasteiger charge is -2.18. The van der Waals surface area contributed by atoms with Crippen molar-refractivity contribution in [1.82, 2.24) is 4.90 Å². The molecule has 162 valence electrons. The van der Waals surface area contributed by atoms with E-state index in [1.807, 2.05) is 6.92 Å². The molecule has 0 radical (unpaired) electrons. The fraction of sp³-hybridized carbons (Fsp3) is 0.708. The van der Waals surface area contributed by atoms with Gasteiger partial charge in [0.1, 0.15) is 6.61 Å². The number of carbonyl (C=O) groups excluding carboxylic acids is 1. The molecule has 0 saturated carbocycles. The molecule has 0 fully saturated rings. The largest absolute Gasteiger partial charge is 0.464 e. The van der Waals surface area contributed by atoms with E-state index in [9.17, 15) is 4.79 Å². The molecule has 0 heterocycles. The van der Waals surface area contributed by atoms with Gasteiger partial charge in [-0.25, -0.2) is 0 Å². The summed E-state index contributed by atoms with van der Waals surface area (Å²) in [5, 5.41) is 8.92. The summed E-state index contributed by atoms with van der Waals surface area (Å²) in [5.41, 5.74) is 0. The van der Waals surface area contributed by atoms with Gasteiger partial charge in [0, 0.05) is 19.5 Å². The second-order valence-corrected chi connectivity index (χ2v) is 6.98. The predicted molar refractivity (Wildman–Crippen MR) is 119 cm³/mol. The second kappa shape index (κ2) is 21.9. The van der Waals surface area contributed by atoms with Crippen molar-refractivity contribution >= 4 is 5.97 Å². The fourth-order valence-corrected chi connectivity index (χ4v) is 2.82. The zero-order valence-electron chi connectivity index (χ0n) is 18.3. The fourth-order valence-electron chi connectivity index (χ4n) is 2.82. The number of unbranched alkanes of at least 4 members (excludes halogenated alkanes) is 5. The number of hydrogen-bond acceptors (Lipinski definition) is 4. The molecule has 4 nitrogen and oxygen atoms in total. The Morgan fingerprint density at radius 1 is 0.857 bits per heavy atom. The van der Waals surface area contributed by atoms with Crippen molar-refractivity contribution < 1.29 is 14.6 Å². The first-order valence-corrected chi connectivity index (χ1v) is 11.2. The van der Waals surface area contributed by atoms with E-state index in [0.29, 0.717) is 26.1 Å². The van der Waals surface area contributed by atoms with Gasteiger partial charge in [0.2, 0.25) is 0 Å². The van der Waals surface area contributed by atoms with Crippen LogP contribution in [0.3, 0.4) is 0 Å². The van der Waals surface area contributed by atoms with Gasteiger partial charge >= 0.3 is 5.97 Å². The maximum absolute atomic E-state index is 11.7. The Hall–Kier alpha value is -1.39. The Bertz CT molecular complexity index is 430. The lowest BCUT2D eigenvalue weighted by Crippen LogP contribution is -2.30. The number of carbonyl (C=O) groups is 1. The first-order chi connectivity index (χ1) is 13.7. The first kappa shape index (κ1) is 26.6. The van der Waals surface area contributed by atoms with Crippen LogP contribution >= 0.6 is 0 Å². The highest BCUT2D eigenvalue weighted by Gasteiger charge is 2.05. The zero-order valence-corrected chi connectivity index (χ0v) is 18.3. The quantitative estimate of drug-likeness (QED) is 0.180. The number of ether oxygens (including phenoxy) is 1. The van der Waals surface area contributed by atoms with Crippen molar-refractivity contribution in [1.29, 1.82) is 0 Å². The first-order valence-electron chi connectivity index (χ1n) is 11.2. The molecular weight excluding hydrogens is 350 g/mol. The van der Waals surface area contributed by atoms with E-state index in [2.05, 4.69) is 48.3 Å². The molecule has 0 bridgehead atoms. The second-order valence-electron chi connectivity index (χ2n) is 6.98. The van der Waals surface area contributed by atoms with Gasteiger partial charge in [-0.2, -0.15) is 0 Å². The van der Waals surface area contributed by atoms with Crippen molar-refractivity contribution in [3.8, 4) is 0 Å². The molecule has 0 rings (SSSR count). The summed E-state index contributed by atoms with van der Waals surface area (Å²) >= 11 is 0. The summed E-state index contributed by atoms with van der Waals surface area (Å²) in [4.78, 5) is 13.8. The van der Waals surface area contributed by atoms with E-state index in [1.165, 1.54) is 19.3 Å². The van der Waals surface area contributed by atoms with E-state index in [1.54, 1.807) is 0 Å². The topological polar surface area (TPSA) is 49.8 Å². The summed E-state index contributed by atoms with van der Waals surface area (Å²) in [7, 11) is 0. The van der Waals surface area contributed by atoms with Crippen LogP contribution < -0.4 is 0 Å². The van der Waals surface area contributed by atoms with Crippen LogP contribution in [0.4, 0.5) is 0 Å². The predicted octanol–water partition coefficient (Wildman–Crippen LogP) is 5.43. The summed E-state index contributed by atoms with van der Waals surface area (Å²) in [6.07, 6.45) is 23.9. The minimum Gasteiger partial charge on any atom is -0.464 e. The Morgan fingerprint density at radius 3 is 2.18 bits per heavy atom. The van der Waals surface area contributed by atoms with Crippen molar-refractivity contribution in [3.63, 3.8) is 0 Å². The maximum atomic E-state index is 11.7. The number of likely N-dealkylation sites (N-methyl/N-ethyl adjacent to an activating group) is 1. The van der Waals surface area contributed by atoms with Crippen LogP contribution in [-0.4, -0.2) is 48.8 Å². The van der Waals surface area contributed by atoms with Crippen LogP contribution in [0.25, 0.3) is 0 Å². The molecule has 0 saturated heterocycles. The molecule has 0 aromatic carbocycles. The van der Waals surface area contributed by atoms with Gasteiger partial charge in [-0.05, 0) is 45.1 Å². The summed E-state index contributed by atoms with van der Waals surface area (Å²) < 4.78 is 5.26. The maximum Gasteiger partial charge on any atom is 0.305 e. The van der Waals surface area contributed by atoms with Crippen LogP contribution in [0, 0.1) is 0 Å². The normalized spacial score (nSPS) is 12.1. The molecule has 0 amide bonds. The third-order valence-electron chi connectivity index (χ3n) is 4.57. The van der Waals surface area contributed by atoms with Gasteiger partial charge in [-0.3, -0.25) is 9.69 Å². The van der Waals surface area contributed by atoms with Gasteiger partial charge in [0.15, 0.2) is 0 Å². The number of esters is 1. The van der Waals surface area contributed by atoms with Crippen LogP contribution in [0.1, 0.15) is 78.1 Å². The SMILES string of the molecule is CC/C=C\C/C=C\C/C=C\CCCCCCCC(=O)OCCN(CC)CCO. The molecule has 4 heteroatoms. The Morgan fingerprint density at radius 2 is 1.50 bits per heavy atom.